The maximum Gasteiger partial charge on any atom is 0.407 e. The Bertz CT molecular complexity index is 1350. The van der Waals surface area contributed by atoms with Crippen LogP contribution in [0.15, 0.2) is 64.1 Å². The second-order valence-corrected chi connectivity index (χ2v) is 12.5. The molecule has 3 aliphatic heterocycles. The summed E-state index contributed by atoms with van der Waals surface area (Å²) >= 11 is 13.9. The molecule has 1 saturated heterocycles. The molecule has 0 aliphatic carbocycles. The number of likely N-dealkylation sites (tertiary alicyclic amines) is 1. The zero-order chi connectivity index (χ0) is 28.1. The van der Waals surface area contributed by atoms with Crippen LogP contribution in [-0.4, -0.2) is 62.7 Å². The lowest BCUT2D eigenvalue weighted by molar-refractivity contribution is -0.128. The highest BCUT2D eigenvalue weighted by atomic mass is 35.5. The van der Waals surface area contributed by atoms with Crippen LogP contribution in [0, 0.1) is 5.92 Å². The van der Waals surface area contributed by atoms with E-state index in [9.17, 15) is 14.7 Å². The number of nitrogens with zero attached hydrogens (tertiary/aromatic N) is 4. The van der Waals surface area contributed by atoms with Gasteiger partial charge in [0.1, 0.15) is 10.4 Å². The number of rotatable bonds is 6. The van der Waals surface area contributed by atoms with Crippen molar-refractivity contribution < 1.29 is 14.7 Å². The molecule has 0 saturated carbocycles. The average Bonchev–Trinajstić information content (AvgIpc) is 3.58. The van der Waals surface area contributed by atoms with Gasteiger partial charge in [-0.05, 0) is 73.3 Å². The van der Waals surface area contributed by atoms with E-state index >= 15 is 0 Å². The molecule has 7 nitrogen and oxygen atoms in total. The molecule has 1 N–H and O–H groups in total. The van der Waals surface area contributed by atoms with E-state index in [1.54, 1.807) is 0 Å². The third-order valence-electron chi connectivity index (χ3n) is 7.84. The molecule has 2 aromatic rings. The maximum atomic E-state index is 14.1. The Morgan fingerprint density at radius 3 is 2.28 bits per heavy atom. The van der Waals surface area contributed by atoms with E-state index in [-0.39, 0.29) is 23.9 Å². The van der Waals surface area contributed by atoms with Gasteiger partial charge < -0.3 is 19.8 Å². The Hall–Kier alpha value is -2.68. The van der Waals surface area contributed by atoms with Gasteiger partial charge in [-0.1, -0.05) is 61.3 Å². The van der Waals surface area contributed by atoms with Crippen molar-refractivity contribution in [3.05, 3.63) is 80.3 Å². The molecule has 3 atom stereocenters. The monoisotopic (exact) mass is 586 g/mol. The molecule has 206 valence electrons. The number of amidine groups is 1. The third-order valence-corrected chi connectivity index (χ3v) is 9.40. The number of amides is 2. The fourth-order valence-corrected chi connectivity index (χ4v) is 7.55. The third kappa shape index (κ3) is 4.92. The molecule has 0 radical (unpaired) electrons. The van der Waals surface area contributed by atoms with E-state index in [4.69, 9.17) is 28.2 Å². The van der Waals surface area contributed by atoms with Crippen LogP contribution >= 0.6 is 35.0 Å². The Morgan fingerprint density at radius 1 is 1.13 bits per heavy atom. The number of carboxylic acid groups (broad SMARTS) is 1. The van der Waals surface area contributed by atoms with Gasteiger partial charge in [0.15, 0.2) is 5.17 Å². The zero-order valence-electron chi connectivity index (χ0n) is 22.4. The summed E-state index contributed by atoms with van der Waals surface area (Å²) in [4.78, 5) is 37.0. The number of aliphatic imine (C=N–C) groups is 1. The maximum absolute atomic E-state index is 14.1. The number of hydrogen-bond acceptors (Lipinski definition) is 5. The molecule has 2 amide bonds. The van der Waals surface area contributed by atoms with Crippen LogP contribution in [0.1, 0.15) is 51.3 Å². The van der Waals surface area contributed by atoms with E-state index < -0.39 is 11.6 Å². The Balaban J connectivity index is 1.58. The fraction of sp³-hybridized carbons (Fsp3) is 0.414. The van der Waals surface area contributed by atoms with Crippen LogP contribution in [0.3, 0.4) is 0 Å². The molecular weight excluding hydrogens is 555 g/mol. The van der Waals surface area contributed by atoms with Crippen LogP contribution < -0.4 is 0 Å². The van der Waals surface area contributed by atoms with Gasteiger partial charge in [-0.15, -0.1) is 0 Å². The number of allylic oxidation sites excluding steroid dienone is 1. The Morgan fingerprint density at radius 2 is 1.74 bits per heavy atom. The molecule has 0 aromatic heterocycles. The van der Waals surface area contributed by atoms with Gasteiger partial charge in [0.2, 0.25) is 0 Å². The van der Waals surface area contributed by atoms with Crippen LogP contribution in [0.2, 0.25) is 10.0 Å². The lowest BCUT2D eigenvalue weighted by Gasteiger charge is -2.37. The van der Waals surface area contributed by atoms with E-state index in [2.05, 4.69) is 25.7 Å². The van der Waals surface area contributed by atoms with Crippen LogP contribution in [0.25, 0.3) is 0 Å². The first kappa shape index (κ1) is 27.9. The lowest BCUT2D eigenvalue weighted by atomic mass is 9.81. The molecule has 3 aliphatic rings. The smallest absolute Gasteiger partial charge is 0.407 e. The normalized spacial score (nSPS) is 24.4. The quantitative estimate of drug-likeness (QED) is 0.401. The first-order chi connectivity index (χ1) is 18.5. The summed E-state index contributed by atoms with van der Waals surface area (Å²) in [5.74, 6) is -0.0205. The first-order valence-corrected chi connectivity index (χ1v) is 14.7. The Labute approximate surface area is 243 Å². The van der Waals surface area contributed by atoms with Crippen LogP contribution in [0.5, 0.6) is 0 Å². The molecule has 10 heteroatoms. The lowest BCUT2D eigenvalue weighted by Crippen LogP contribution is -2.43. The summed E-state index contributed by atoms with van der Waals surface area (Å²) in [6.45, 7) is 9.53. The van der Waals surface area contributed by atoms with E-state index in [1.165, 1.54) is 16.7 Å². The van der Waals surface area contributed by atoms with Crippen molar-refractivity contribution in [1.82, 2.24) is 14.7 Å². The van der Waals surface area contributed by atoms with Gasteiger partial charge in [-0.3, -0.25) is 4.79 Å². The summed E-state index contributed by atoms with van der Waals surface area (Å²) in [5, 5.41) is 11.5. The number of thioether (sulfide) groups is 1. The molecule has 2 aromatic carbocycles. The summed E-state index contributed by atoms with van der Waals surface area (Å²) in [6.07, 6.45) is -0.311. The highest BCUT2D eigenvalue weighted by Gasteiger charge is 2.53. The van der Waals surface area contributed by atoms with Gasteiger partial charge in [0.05, 0.1) is 12.1 Å². The molecule has 39 heavy (non-hydrogen) atoms. The Kier molecular flexibility index (Phi) is 7.65. The number of benzene rings is 2. The fourth-order valence-electron chi connectivity index (χ4n) is 5.93. The molecule has 5 rings (SSSR count). The van der Waals surface area contributed by atoms with Crippen molar-refractivity contribution in [2.45, 2.75) is 51.7 Å². The van der Waals surface area contributed by atoms with Crippen molar-refractivity contribution in [2.75, 3.05) is 19.6 Å². The minimum atomic E-state index is -0.944. The minimum absolute atomic E-state index is 0.0457. The standard InChI is InChI=1S/C29H32Cl2N4O3S/c1-5-34(22-14-15-33(16-22)28(37)38)26(36)24-23(17(2)3)35-25(18-6-10-20(30)11-7-18)29(4,32-27(35)39-24)19-8-12-21(31)13-9-19/h6-13,17,22,25H,5,14-16H2,1-4H3,(H,37,38)/t22-,25-,29+/m1/s1. The number of carbonyl (C=O) groups is 2. The number of hydrogen-bond donors (Lipinski definition) is 1. The number of likely N-dealkylation sites (N-methyl/N-ethyl adjacent to an activating group) is 1. The van der Waals surface area contributed by atoms with Crippen molar-refractivity contribution in [2.24, 2.45) is 10.9 Å². The van der Waals surface area contributed by atoms with Crippen molar-refractivity contribution >= 4 is 52.1 Å². The molecular formula is C29H32Cl2N4O3S. The van der Waals surface area contributed by atoms with Gasteiger partial charge in [0.25, 0.3) is 5.91 Å². The number of halogens is 2. The van der Waals surface area contributed by atoms with E-state index in [1.807, 2.05) is 60.4 Å². The SMILES string of the molecule is CCN(C(=O)C1=C(C(C)C)N2C(=N[C@@](C)(c3ccc(Cl)cc3)[C@H]2c2ccc(Cl)cc2)S1)[C@@H]1CCN(C(=O)O)C1. The highest BCUT2D eigenvalue weighted by Crippen LogP contribution is 2.56. The zero-order valence-corrected chi connectivity index (χ0v) is 24.7. The highest BCUT2D eigenvalue weighted by molar-refractivity contribution is 8.18. The van der Waals surface area contributed by atoms with E-state index in [0.717, 1.165) is 22.0 Å². The largest absolute Gasteiger partial charge is 0.465 e. The molecule has 3 heterocycles. The predicted molar refractivity (Wildman–Crippen MR) is 157 cm³/mol. The average molecular weight is 588 g/mol. The number of carbonyl (C=O) groups excluding carboxylic acids is 1. The second-order valence-electron chi connectivity index (χ2n) is 10.6. The summed E-state index contributed by atoms with van der Waals surface area (Å²) in [5.41, 5.74) is 2.38. The summed E-state index contributed by atoms with van der Waals surface area (Å²) in [7, 11) is 0. The van der Waals surface area contributed by atoms with Crippen molar-refractivity contribution in [3.8, 4) is 0 Å². The van der Waals surface area contributed by atoms with Gasteiger partial charge in [0, 0.05) is 35.4 Å². The van der Waals surface area contributed by atoms with E-state index in [0.29, 0.717) is 41.0 Å². The van der Waals surface area contributed by atoms with Gasteiger partial charge in [-0.2, -0.15) is 0 Å². The molecule has 0 bridgehead atoms. The molecule has 1 fully saturated rings. The minimum Gasteiger partial charge on any atom is -0.465 e. The number of fused-ring (bicyclic) bond motifs is 1. The van der Waals surface area contributed by atoms with Crippen molar-refractivity contribution in [3.63, 3.8) is 0 Å². The molecule has 0 unspecified atom stereocenters. The summed E-state index contributed by atoms with van der Waals surface area (Å²) in [6, 6.07) is 15.3. The van der Waals surface area contributed by atoms with Crippen LogP contribution in [0.4, 0.5) is 4.79 Å². The van der Waals surface area contributed by atoms with Gasteiger partial charge >= 0.3 is 6.09 Å². The topological polar surface area (TPSA) is 76.5 Å². The predicted octanol–water partition coefficient (Wildman–Crippen LogP) is 6.84. The van der Waals surface area contributed by atoms with Crippen molar-refractivity contribution in [1.29, 1.82) is 0 Å². The van der Waals surface area contributed by atoms with Gasteiger partial charge in [-0.25, -0.2) is 9.79 Å². The second kappa shape index (κ2) is 10.7. The first-order valence-electron chi connectivity index (χ1n) is 13.2. The molecule has 0 spiro atoms. The van der Waals surface area contributed by atoms with Crippen LogP contribution in [-0.2, 0) is 10.3 Å². The summed E-state index contributed by atoms with van der Waals surface area (Å²) < 4.78 is 0.